The van der Waals surface area contributed by atoms with Crippen LogP contribution in [0, 0.1) is 0 Å². The number of anilines is 1. The zero-order valence-electron chi connectivity index (χ0n) is 10.5. The predicted octanol–water partition coefficient (Wildman–Crippen LogP) is 3.30. The first-order valence-electron chi connectivity index (χ1n) is 6.07. The summed E-state index contributed by atoms with van der Waals surface area (Å²) in [4.78, 5) is 8.41. The van der Waals surface area contributed by atoms with Crippen molar-refractivity contribution in [2.24, 2.45) is 0 Å². The van der Waals surface area contributed by atoms with Crippen LogP contribution in [0.5, 0.6) is 0 Å². The number of hydrogen-bond acceptors (Lipinski definition) is 4. The lowest BCUT2D eigenvalue weighted by Gasteiger charge is -2.09. The molecule has 0 aliphatic rings. The fourth-order valence-corrected chi connectivity index (χ4v) is 2.74. The number of nitrogen functional groups attached to an aromatic ring is 1. The summed E-state index contributed by atoms with van der Waals surface area (Å²) in [5, 5.41) is 1.01. The van der Waals surface area contributed by atoms with Gasteiger partial charge in [0.15, 0.2) is 0 Å². The topological polar surface area (TPSA) is 51.8 Å². The van der Waals surface area contributed by atoms with Gasteiger partial charge in [0.05, 0.1) is 0 Å². The normalized spacial score (nSPS) is 10.5. The molecular formula is C14H17N3S. The standard InChI is InChI=1S/C14H17N3S/c1-2-6-12-13(15)16-10-17-14(12)18-9-11-7-4-3-5-8-11/h3-5,7-8,10H,2,6,9H2,1H3,(H2,15,16,17). The Labute approximate surface area is 112 Å². The van der Waals surface area contributed by atoms with Crippen molar-refractivity contribution in [2.75, 3.05) is 5.73 Å². The van der Waals surface area contributed by atoms with Crippen LogP contribution < -0.4 is 5.73 Å². The van der Waals surface area contributed by atoms with Gasteiger partial charge in [0, 0.05) is 11.3 Å². The molecule has 18 heavy (non-hydrogen) atoms. The fraction of sp³-hybridized carbons (Fsp3) is 0.286. The molecule has 0 aliphatic heterocycles. The number of hydrogen-bond donors (Lipinski definition) is 1. The van der Waals surface area contributed by atoms with Crippen LogP contribution in [0.3, 0.4) is 0 Å². The van der Waals surface area contributed by atoms with Gasteiger partial charge in [-0.2, -0.15) is 0 Å². The van der Waals surface area contributed by atoms with Gasteiger partial charge in [-0.1, -0.05) is 43.7 Å². The maximum atomic E-state index is 5.91. The lowest BCUT2D eigenvalue weighted by Crippen LogP contribution is -2.01. The molecule has 1 aromatic carbocycles. The molecular weight excluding hydrogens is 242 g/mol. The average Bonchev–Trinajstić information content (AvgIpc) is 2.41. The Hall–Kier alpha value is -1.55. The van der Waals surface area contributed by atoms with Gasteiger partial charge in [0.2, 0.25) is 0 Å². The van der Waals surface area contributed by atoms with Crippen LogP contribution in [0.15, 0.2) is 41.7 Å². The summed E-state index contributed by atoms with van der Waals surface area (Å²) in [6.45, 7) is 2.14. The Morgan fingerprint density at radius 2 is 1.94 bits per heavy atom. The van der Waals surface area contributed by atoms with Gasteiger partial charge in [-0.15, -0.1) is 11.8 Å². The maximum absolute atomic E-state index is 5.91. The highest BCUT2D eigenvalue weighted by Crippen LogP contribution is 2.27. The molecule has 2 rings (SSSR count). The van der Waals surface area contributed by atoms with Crippen LogP contribution in [0.1, 0.15) is 24.5 Å². The number of nitrogens with zero attached hydrogens (tertiary/aromatic N) is 2. The van der Waals surface area contributed by atoms with Crippen LogP contribution >= 0.6 is 11.8 Å². The van der Waals surface area contributed by atoms with Crippen molar-refractivity contribution >= 4 is 17.6 Å². The van der Waals surface area contributed by atoms with E-state index in [1.165, 1.54) is 5.56 Å². The predicted molar refractivity (Wildman–Crippen MR) is 76.4 cm³/mol. The van der Waals surface area contributed by atoms with Crippen molar-refractivity contribution < 1.29 is 0 Å². The van der Waals surface area contributed by atoms with Gasteiger partial charge in [-0.05, 0) is 12.0 Å². The molecule has 0 amide bonds. The fourth-order valence-electron chi connectivity index (χ4n) is 1.74. The molecule has 2 aromatic rings. The van der Waals surface area contributed by atoms with Crippen molar-refractivity contribution in [1.82, 2.24) is 9.97 Å². The van der Waals surface area contributed by atoms with E-state index in [1.54, 1.807) is 18.1 Å². The molecule has 0 atom stereocenters. The van der Waals surface area contributed by atoms with E-state index in [2.05, 4.69) is 41.2 Å². The molecule has 1 heterocycles. The first-order chi connectivity index (χ1) is 8.81. The van der Waals surface area contributed by atoms with E-state index < -0.39 is 0 Å². The first kappa shape index (κ1) is 12.9. The summed E-state index contributed by atoms with van der Waals surface area (Å²) in [7, 11) is 0. The zero-order valence-corrected chi connectivity index (χ0v) is 11.3. The van der Waals surface area contributed by atoms with Crippen LogP contribution in [-0.4, -0.2) is 9.97 Å². The van der Waals surface area contributed by atoms with Gasteiger partial charge in [0.1, 0.15) is 17.2 Å². The minimum absolute atomic E-state index is 0.613. The van der Waals surface area contributed by atoms with E-state index in [4.69, 9.17) is 5.73 Å². The third-order valence-electron chi connectivity index (χ3n) is 2.66. The maximum Gasteiger partial charge on any atom is 0.131 e. The van der Waals surface area contributed by atoms with E-state index in [0.29, 0.717) is 5.82 Å². The summed E-state index contributed by atoms with van der Waals surface area (Å²) in [5.74, 6) is 1.52. The van der Waals surface area contributed by atoms with Crippen LogP contribution in [-0.2, 0) is 12.2 Å². The number of nitrogens with two attached hydrogens (primary N) is 1. The summed E-state index contributed by atoms with van der Waals surface area (Å²) in [5.41, 5.74) is 8.29. The average molecular weight is 259 g/mol. The first-order valence-corrected chi connectivity index (χ1v) is 7.06. The second-order valence-electron chi connectivity index (χ2n) is 4.07. The van der Waals surface area contributed by atoms with E-state index in [9.17, 15) is 0 Å². The molecule has 0 saturated carbocycles. The molecule has 0 saturated heterocycles. The quantitative estimate of drug-likeness (QED) is 0.661. The summed E-state index contributed by atoms with van der Waals surface area (Å²) < 4.78 is 0. The van der Waals surface area contributed by atoms with Gasteiger partial charge >= 0.3 is 0 Å². The molecule has 0 spiro atoms. The summed E-state index contributed by atoms with van der Waals surface area (Å²) >= 11 is 1.72. The molecule has 0 aliphatic carbocycles. The van der Waals surface area contributed by atoms with Crippen molar-refractivity contribution in [2.45, 2.75) is 30.5 Å². The van der Waals surface area contributed by atoms with Crippen molar-refractivity contribution in [3.8, 4) is 0 Å². The lowest BCUT2D eigenvalue weighted by atomic mass is 10.2. The molecule has 0 bridgehead atoms. The molecule has 0 unspecified atom stereocenters. The Morgan fingerprint density at radius 1 is 1.17 bits per heavy atom. The third kappa shape index (κ3) is 3.23. The summed E-state index contributed by atoms with van der Waals surface area (Å²) in [6.07, 6.45) is 3.53. The Balaban J connectivity index is 2.11. The Morgan fingerprint density at radius 3 is 2.67 bits per heavy atom. The molecule has 1 aromatic heterocycles. The van der Waals surface area contributed by atoms with Crippen LogP contribution in [0.2, 0.25) is 0 Å². The van der Waals surface area contributed by atoms with Crippen molar-refractivity contribution in [1.29, 1.82) is 0 Å². The minimum atomic E-state index is 0.613. The monoisotopic (exact) mass is 259 g/mol. The van der Waals surface area contributed by atoms with Crippen LogP contribution in [0.4, 0.5) is 5.82 Å². The number of aromatic nitrogens is 2. The third-order valence-corrected chi connectivity index (χ3v) is 3.76. The van der Waals surface area contributed by atoms with E-state index in [1.807, 2.05) is 6.07 Å². The molecule has 0 fully saturated rings. The second kappa shape index (κ2) is 6.40. The molecule has 94 valence electrons. The van der Waals surface area contributed by atoms with Crippen molar-refractivity contribution in [3.05, 3.63) is 47.8 Å². The molecule has 0 radical (unpaired) electrons. The highest BCUT2D eigenvalue weighted by atomic mass is 32.2. The highest BCUT2D eigenvalue weighted by molar-refractivity contribution is 7.98. The summed E-state index contributed by atoms with van der Waals surface area (Å²) in [6, 6.07) is 10.4. The van der Waals surface area contributed by atoms with E-state index in [0.717, 1.165) is 29.2 Å². The number of rotatable bonds is 5. The van der Waals surface area contributed by atoms with Crippen LogP contribution in [0.25, 0.3) is 0 Å². The minimum Gasteiger partial charge on any atom is -0.383 e. The Bertz CT molecular complexity index is 500. The number of thioether (sulfide) groups is 1. The van der Waals surface area contributed by atoms with Gasteiger partial charge in [-0.3, -0.25) is 0 Å². The van der Waals surface area contributed by atoms with Gasteiger partial charge in [-0.25, -0.2) is 9.97 Å². The smallest absolute Gasteiger partial charge is 0.131 e. The highest BCUT2D eigenvalue weighted by Gasteiger charge is 2.08. The van der Waals surface area contributed by atoms with Gasteiger partial charge in [0.25, 0.3) is 0 Å². The molecule has 4 heteroatoms. The molecule has 2 N–H and O–H groups in total. The second-order valence-corrected chi connectivity index (χ2v) is 5.03. The Kier molecular flexibility index (Phi) is 4.59. The van der Waals surface area contributed by atoms with E-state index in [-0.39, 0.29) is 0 Å². The van der Waals surface area contributed by atoms with Crippen molar-refractivity contribution in [3.63, 3.8) is 0 Å². The largest absolute Gasteiger partial charge is 0.383 e. The number of benzene rings is 1. The molecule has 3 nitrogen and oxygen atoms in total. The lowest BCUT2D eigenvalue weighted by molar-refractivity contribution is 0.861. The zero-order chi connectivity index (χ0) is 12.8. The van der Waals surface area contributed by atoms with Gasteiger partial charge < -0.3 is 5.73 Å². The SMILES string of the molecule is CCCc1c(N)ncnc1SCc1ccccc1. The van der Waals surface area contributed by atoms with E-state index >= 15 is 0 Å².